The van der Waals surface area contributed by atoms with E-state index in [0.717, 1.165) is 16.7 Å². The highest BCUT2D eigenvalue weighted by Gasteiger charge is 2.09. The van der Waals surface area contributed by atoms with Crippen LogP contribution in [0, 0.1) is 26.6 Å². The van der Waals surface area contributed by atoms with Crippen LogP contribution in [0.15, 0.2) is 30.3 Å². The standard InChI is InChI=1S/C15H14ClF/c1-9-4-5-12(6-10(9)2)13-8-14(16)11(3)7-15(13)17/h4-8H,1-3H3. The van der Waals surface area contributed by atoms with Crippen molar-refractivity contribution in [3.05, 3.63) is 57.9 Å². The fourth-order valence-corrected chi connectivity index (χ4v) is 1.94. The van der Waals surface area contributed by atoms with Crippen molar-refractivity contribution in [3.8, 4) is 11.1 Å². The number of rotatable bonds is 1. The maximum Gasteiger partial charge on any atom is 0.131 e. The Balaban J connectivity index is 2.60. The van der Waals surface area contributed by atoms with E-state index < -0.39 is 0 Å². The lowest BCUT2D eigenvalue weighted by Crippen LogP contribution is -1.89. The molecule has 0 saturated heterocycles. The quantitative estimate of drug-likeness (QED) is 0.661. The van der Waals surface area contributed by atoms with Crippen molar-refractivity contribution in [1.29, 1.82) is 0 Å². The zero-order valence-electron chi connectivity index (χ0n) is 10.1. The van der Waals surface area contributed by atoms with Crippen molar-refractivity contribution in [2.45, 2.75) is 20.8 Å². The SMILES string of the molecule is Cc1ccc(-c2cc(Cl)c(C)cc2F)cc1C. The average Bonchev–Trinajstić information content (AvgIpc) is 2.27. The minimum absolute atomic E-state index is 0.227. The summed E-state index contributed by atoms with van der Waals surface area (Å²) in [4.78, 5) is 0. The molecule has 0 atom stereocenters. The van der Waals surface area contributed by atoms with Crippen LogP contribution in [0.4, 0.5) is 4.39 Å². The minimum Gasteiger partial charge on any atom is -0.206 e. The summed E-state index contributed by atoms with van der Waals surface area (Å²) in [5, 5.41) is 0.597. The summed E-state index contributed by atoms with van der Waals surface area (Å²) in [5.41, 5.74) is 4.54. The molecule has 2 aromatic carbocycles. The number of hydrogen-bond acceptors (Lipinski definition) is 0. The first-order valence-electron chi connectivity index (χ1n) is 5.52. The number of hydrogen-bond donors (Lipinski definition) is 0. The minimum atomic E-state index is -0.227. The average molecular weight is 249 g/mol. The van der Waals surface area contributed by atoms with Gasteiger partial charge in [-0.05, 0) is 55.2 Å². The molecule has 0 aromatic heterocycles. The molecule has 0 saturated carbocycles. The lowest BCUT2D eigenvalue weighted by Gasteiger charge is -2.08. The first-order chi connectivity index (χ1) is 7.99. The molecule has 0 N–H and O–H groups in total. The molecule has 0 aliphatic heterocycles. The molecule has 2 rings (SSSR count). The molecule has 0 spiro atoms. The Morgan fingerprint density at radius 2 is 1.59 bits per heavy atom. The van der Waals surface area contributed by atoms with Gasteiger partial charge in [-0.15, -0.1) is 0 Å². The van der Waals surface area contributed by atoms with Gasteiger partial charge in [-0.2, -0.15) is 0 Å². The predicted molar refractivity (Wildman–Crippen MR) is 71.1 cm³/mol. The first kappa shape index (κ1) is 12.1. The van der Waals surface area contributed by atoms with Gasteiger partial charge in [-0.1, -0.05) is 29.8 Å². The number of aryl methyl sites for hydroxylation is 3. The Bertz CT molecular complexity index is 573. The highest BCUT2D eigenvalue weighted by atomic mass is 35.5. The Kier molecular flexibility index (Phi) is 3.21. The highest BCUT2D eigenvalue weighted by Crippen LogP contribution is 2.29. The second kappa shape index (κ2) is 4.50. The summed E-state index contributed by atoms with van der Waals surface area (Å²) >= 11 is 6.04. The van der Waals surface area contributed by atoms with Crippen LogP contribution in [-0.2, 0) is 0 Å². The van der Waals surface area contributed by atoms with E-state index in [1.54, 1.807) is 13.0 Å². The molecule has 2 aromatic rings. The van der Waals surface area contributed by atoms with Gasteiger partial charge in [0.1, 0.15) is 5.82 Å². The van der Waals surface area contributed by atoms with Gasteiger partial charge in [0, 0.05) is 10.6 Å². The molecule has 2 heteroatoms. The molecule has 0 amide bonds. The van der Waals surface area contributed by atoms with Gasteiger partial charge in [-0.25, -0.2) is 4.39 Å². The lowest BCUT2D eigenvalue weighted by atomic mass is 9.99. The summed E-state index contributed by atoms with van der Waals surface area (Å²) in [5.74, 6) is -0.227. The molecule has 0 nitrogen and oxygen atoms in total. The van der Waals surface area contributed by atoms with Crippen LogP contribution in [0.2, 0.25) is 5.02 Å². The smallest absolute Gasteiger partial charge is 0.131 e. The maximum atomic E-state index is 13.9. The summed E-state index contributed by atoms with van der Waals surface area (Å²) in [6.45, 7) is 5.86. The molecular weight excluding hydrogens is 235 g/mol. The topological polar surface area (TPSA) is 0 Å². The van der Waals surface area contributed by atoms with Gasteiger partial charge in [0.2, 0.25) is 0 Å². The fraction of sp³-hybridized carbons (Fsp3) is 0.200. The van der Waals surface area contributed by atoms with E-state index in [9.17, 15) is 4.39 Å². The van der Waals surface area contributed by atoms with Crippen LogP contribution in [0.25, 0.3) is 11.1 Å². The third-order valence-electron chi connectivity index (χ3n) is 3.07. The first-order valence-corrected chi connectivity index (χ1v) is 5.90. The van der Waals surface area contributed by atoms with Gasteiger partial charge in [0.15, 0.2) is 0 Å². The van der Waals surface area contributed by atoms with E-state index in [4.69, 9.17) is 11.6 Å². The Morgan fingerprint density at radius 3 is 2.24 bits per heavy atom. The molecule has 88 valence electrons. The van der Waals surface area contributed by atoms with Crippen LogP contribution < -0.4 is 0 Å². The van der Waals surface area contributed by atoms with Crippen LogP contribution in [0.5, 0.6) is 0 Å². The van der Waals surface area contributed by atoms with Crippen molar-refractivity contribution < 1.29 is 4.39 Å². The normalized spacial score (nSPS) is 10.6. The number of halogens is 2. The molecule has 0 aliphatic rings. The molecular formula is C15H14ClF. The maximum absolute atomic E-state index is 13.9. The Hall–Kier alpha value is -1.34. The van der Waals surface area contributed by atoms with Crippen molar-refractivity contribution in [2.24, 2.45) is 0 Å². The third-order valence-corrected chi connectivity index (χ3v) is 3.47. The van der Waals surface area contributed by atoms with Gasteiger partial charge in [-0.3, -0.25) is 0 Å². The predicted octanol–water partition coefficient (Wildman–Crippen LogP) is 5.07. The van der Waals surface area contributed by atoms with E-state index >= 15 is 0 Å². The van der Waals surface area contributed by atoms with Crippen molar-refractivity contribution >= 4 is 11.6 Å². The van der Waals surface area contributed by atoms with Crippen molar-refractivity contribution in [2.75, 3.05) is 0 Å². The van der Waals surface area contributed by atoms with Gasteiger partial charge >= 0.3 is 0 Å². The molecule has 0 unspecified atom stereocenters. The second-order valence-corrected chi connectivity index (χ2v) is 4.79. The molecule has 0 bridgehead atoms. The molecule has 17 heavy (non-hydrogen) atoms. The monoisotopic (exact) mass is 248 g/mol. The van der Waals surface area contributed by atoms with E-state index in [1.807, 2.05) is 32.0 Å². The van der Waals surface area contributed by atoms with Crippen LogP contribution >= 0.6 is 11.6 Å². The highest BCUT2D eigenvalue weighted by molar-refractivity contribution is 6.31. The summed E-state index contributed by atoms with van der Waals surface area (Å²) in [6.07, 6.45) is 0. The lowest BCUT2D eigenvalue weighted by molar-refractivity contribution is 0.630. The summed E-state index contributed by atoms with van der Waals surface area (Å²) in [6, 6.07) is 9.08. The van der Waals surface area contributed by atoms with E-state index in [-0.39, 0.29) is 5.82 Å². The zero-order valence-corrected chi connectivity index (χ0v) is 10.9. The van der Waals surface area contributed by atoms with E-state index in [0.29, 0.717) is 10.6 Å². The van der Waals surface area contributed by atoms with E-state index in [2.05, 4.69) is 0 Å². The fourth-order valence-electron chi connectivity index (χ4n) is 1.78. The second-order valence-electron chi connectivity index (χ2n) is 4.38. The third kappa shape index (κ3) is 2.34. The van der Waals surface area contributed by atoms with Crippen LogP contribution in [0.1, 0.15) is 16.7 Å². The molecule has 0 heterocycles. The van der Waals surface area contributed by atoms with Crippen molar-refractivity contribution in [1.82, 2.24) is 0 Å². The molecule has 0 fully saturated rings. The zero-order chi connectivity index (χ0) is 12.6. The molecule has 0 radical (unpaired) electrons. The summed E-state index contributed by atoms with van der Waals surface area (Å²) in [7, 11) is 0. The van der Waals surface area contributed by atoms with Gasteiger partial charge in [0.05, 0.1) is 0 Å². The van der Waals surface area contributed by atoms with Crippen molar-refractivity contribution in [3.63, 3.8) is 0 Å². The van der Waals surface area contributed by atoms with Gasteiger partial charge in [0.25, 0.3) is 0 Å². The Morgan fingerprint density at radius 1 is 0.882 bits per heavy atom. The van der Waals surface area contributed by atoms with E-state index in [1.165, 1.54) is 11.6 Å². The summed E-state index contributed by atoms with van der Waals surface area (Å²) < 4.78 is 13.9. The van der Waals surface area contributed by atoms with Crippen LogP contribution in [-0.4, -0.2) is 0 Å². The van der Waals surface area contributed by atoms with Crippen LogP contribution in [0.3, 0.4) is 0 Å². The molecule has 0 aliphatic carbocycles. The number of benzene rings is 2. The Labute approximate surface area is 106 Å². The largest absolute Gasteiger partial charge is 0.206 e. The van der Waals surface area contributed by atoms with Gasteiger partial charge < -0.3 is 0 Å².